The van der Waals surface area contributed by atoms with Crippen LogP contribution in [0.4, 0.5) is 0 Å². The van der Waals surface area contributed by atoms with Crippen LogP contribution in [0, 0.1) is 4.77 Å². The Morgan fingerprint density at radius 1 is 1.32 bits per heavy atom. The van der Waals surface area contributed by atoms with Crippen LogP contribution in [0.15, 0.2) is 30.5 Å². The molecule has 1 N–H and O–H groups in total. The van der Waals surface area contributed by atoms with Crippen molar-refractivity contribution in [3.8, 4) is 5.69 Å². The molecular weight excluding hydrogens is 256 g/mol. The SMILES string of the molecule is COCc1cccc(-n2c(C(C)(C)C)c[nH]c2=S)c1. The highest BCUT2D eigenvalue weighted by molar-refractivity contribution is 7.71. The number of hydrogen-bond donors (Lipinski definition) is 1. The first-order chi connectivity index (χ1) is 8.93. The summed E-state index contributed by atoms with van der Waals surface area (Å²) in [7, 11) is 1.70. The maximum Gasteiger partial charge on any atom is 0.182 e. The molecule has 0 amide bonds. The summed E-state index contributed by atoms with van der Waals surface area (Å²) in [5.74, 6) is 0. The first kappa shape index (κ1) is 14.0. The molecule has 0 aliphatic rings. The molecule has 2 aromatic rings. The zero-order chi connectivity index (χ0) is 14.0. The molecule has 2 rings (SSSR count). The maximum absolute atomic E-state index is 5.41. The summed E-state index contributed by atoms with van der Waals surface area (Å²) in [5, 5.41) is 0. The average Bonchev–Trinajstić information content (AvgIpc) is 2.72. The summed E-state index contributed by atoms with van der Waals surface area (Å²) >= 11 is 5.41. The number of imidazole rings is 1. The molecule has 19 heavy (non-hydrogen) atoms. The predicted molar refractivity (Wildman–Crippen MR) is 80.4 cm³/mol. The van der Waals surface area contributed by atoms with Crippen molar-refractivity contribution in [1.29, 1.82) is 0 Å². The number of hydrogen-bond acceptors (Lipinski definition) is 2. The van der Waals surface area contributed by atoms with Gasteiger partial charge < -0.3 is 9.72 Å². The van der Waals surface area contributed by atoms with Crippen molar-refractivity contribution in [3.05, 3.63) is 46.5 Å². The van der Waals surface area contributed by atoms with E-state index in [-0.39, 0.29) is 5.41 Å². The fourth-order valence-corrected chi connectivity index (χ4v) is 2.39. The Kier molecular flexibility index (Phi) is 3.92. The molecule has 0 unspecified atom stereocenters. The van der Waals surface area contributed by atoms with Gasteiger partial charge in [0, 0.05) is 30.1 Å². The lowest BCUT2D eigenvalue weighted by Gasteiger charge is -2.21. The van der Waals surface area contributed by atoms with E-state index in [0.29, 0.717) is 6.61 Å². The third-order valence-electron chi connectivity index (χ3n) is 3.02. The number of nitrogens with one attached hydrogen (secondary N) is 1. The van der Waals surface area contributed by atoms with Gasteiger partial charge in [0.05, 0.1) is 6.61 Å². The van der Waals surface area contributed by atoms with Crippen LogP contribution in [0.3, 0.4) is 0 Å². The van der Waals surface area contributed by atoms with Crippen molar-refractivity contribution >= 4 is 12.2 Å². The molecule has 0 saturated carbocycles. The van der Waals surface area contributed by atoms with Gasteiger partial charge in [0.15, 0.2) is 4.77 Å². The van der Waals surface area contributed by atoms with Crippen molar-refractivity contribution < 1.29 is 4.74 Å². The van der Waals surface area contributed by atoms with Crippen LogP contribution in [-0.4, -0.2) is 16.7 Å². The Hall–Kier alpha value is -1.39. The molecule has 102 valence electrons. The molecule has 0 bridgehead atoms. The van der Waals surface area contributed by atoms with Crippen LogP contribution < -0.4 is 0 Å². The molecule has 0 atom stereocenters. The van der Waals surface area contributed by atoms with Crippen LogP contribution in [0.25, 0.3) is 5.69 Å². The van der Waals surface area contributed by atoms with Crippen LogP contribution in [0.2, 0.25) is 0 Å². The quantitative estimate of drug-likeness (QED) is 0.859. The van der Waals surface area contributed by atoms with Gasteiger partial charge >= 0.3 is 0 Å². The van der Waals surface area contributed by atoms with E-state index in [2.05, 4.69) is 48.5 Å². The number of aromatic amines is 1. The number of benzene rings is 1. The molecular formula is C15H20N2OS. The average molecular weight is 276 g/mol. The highest BCUT2D eigenvalue weighted by Gasteiger charge is 2.20. The van der Waals surface area contributed by atoms with E-state index in [1.54, 1.807) is 7.11 Å². The van der Waals surface area contributed by atoms with E-state index in [9.17, 15) is 0 Å². The van der Waals surface area contributed by atoms with Crippen molar-refractivity contribution in [1.82, 2.24) is 9.55 Å². The highest BCUT2D eigenvalue weighted by Crippen LogP contribution is 2.25. The number of rotatable bonds is 3. The summed E-state index contributed by atoms with van der Waals surface area (Å²) in [4.78, 5) is 3.14. The van der Waals surface area contributed by atoms with Crippen molar-refractivity contribution in [2.24, 2.45) is 0 Å². The normalized spacial score (nSPS) is 11.8. The molecule has 0 aliphatic heterocycles. The second kappa shape index (κ2) is 5.31. The highest BCUT2D eigenvalue weighted by atomic mass is 32.1. The van der Waals surface area contributed by atoms with Crippen LogP contribution in [0.1, 0.15) is 32.0 Å². The van der Waals surface area contributed by atoms with Gasteiger partial charge in [-0.2, -0.15) is 0 Å². The van der Waals surface area contributed by atoms with Gasteiger partial charge in [-0.1, -0.05) is 32.9 Å². The minimum absolute atomic E-state index is 0.0326. The van der Waals surface area contributed by atoms with Crippen molar-refractivity contribution in [2.75, 3.05) is 7.11 Å². The molecule has 0 radical (unpaired) electrons. The maximum atomic E-state index is 5.41. The smallest absolute Gasteiger partial charge is 0.182 e. The monoisotopic (exact) mass is 276 g/mol. The lowest BCUT2D eigenvalue weighted by Crippen LogP contribution is -2.16. The van der Waals surface area contributed by atoms with Crippen molar-refractivity contribution in [2.45, 2.75) is 32.8 Å². The van der Waals surface area contributed by atoms with Gasteiger partial charge in [-0.15, -0.1) is 0 Å². The summed E-state index contributed by atoms with van der Waals surface area (Å²) in [5.41, 5.74) is 3.42. The molecule has 3 nitrogen and oxygen atoms in total. The van der Waals surface area contributed by atoms with E-state index >= 15 is 0 Å². The molecule has 1 aromatic heterocycles. The topological polar surface area (TPSA) is 29.9 Å². The molecule has 1 heterocycles. The first-order valence-electron chi connectivity index (χ1n) is 6.32. The minimum atomic E-state index is 0.0326. The minimum Gasteiger partial charge on any atom is -0.380 e. The Morgan fingerprint density at radius 3 is 2.68 bits per heavy atom. The number of H-pyrrole nitrogens is 1. The summed E-state index contributed by atoms with van der Waals surface area (Å²) < 4.78 is 8.00. The second-order valence-electron chi connectivity index (χ2n) is 5.67. The zero-order valence-electron chi connectivity index (χ0n) is 11.9. The van der Waals surface area contributed by atoms with Gasteiger partial charge in [-0.3, -0.25) is 4.57 Å². The van der Waals surface area contributed by atoms with Gasteiger partial charge in [-0.05, 0) is 29.9 Å². The van der Waals surface area contributed by atoms with Gasteiger partial charge in [0.2, 0.25) is 0 Å². The van der Waals surface area contributed by atoms with Gasteiger partial charge in [0.1, 0.15) is 0 Å². The van der Waals surface area contributed by atoms with Gasteiger partial charge in [0.25, 0.3) is 0 Å². The zero-order valence-corrected chi connectivity index (χ0v) is 12.7. The van der Waals surface area contributed by atoms with E-state index in [4.69, 9.17) is 17.0 Å². The van der Waals surface area contributed by atoms with E-state index in [1.165, 1.54) is 5.69 Å². The predicted octanol–water partition coefficient (Wildman–Crippen LogP) is 3.98. The summed E-state index contributed by atoms with van der Waals surface area (Å²) in [6, 6.07) is 8.27. The van der Waals surface area contributed by atoms with Crippen LogP contribution in [0.5, 0.6) is 0 Å². The summed E-state index contributed by atoms with van der Waals surface area (Å²) in [6.45, 7) is 7.15. The molecule has 0 spiro atoms. The number of methoxy groups -OCH3 is 1. The largest absolute Gasteiger partial charge is 0.380 e. The number of ether oxygens (including phenoxy) is 1. The third kappa shape index (κ3) is 2.96. The Balaban J connectivity index is 2.56. The molecule has 0 aliphatic carbocycles. The van der Waals surface area contributed by atoms with Crippen LogP contribution >= 0.6 is 12.2 Å². The summed E-state index contributed by atoms with van der Waals surface area (Å²) in [6.07, 6.45) is 1.99. The fraction of sp³-hybridized carbons (Fsp3) is 0.400. The standard InChI is InChI=1S/C15H20N2OS/c1-15(2,3)13-9-16-14(19)17(13)12-7-5-6-11(8-12)10-18-4/h5-9H,10H2,1-4H3,(H,16,19). The Morgan fingerprint density at radius 2 is 2.05 bits per heavy atom. The Bertz CT molecular complexity index is 620. The van der Waals surface area contributed by atoms with Crippen molar-refractivity contribution in [3.63, 3.8) is 0 Å². The Labute approximate surface area is 119 Å². The third-order valence-corrected chi connectivity index (χ3v) is 3.32. The number of aromatic nitrogens is 2. The molecule has 1 aromatic carbocycles. The first-order valence-corrected chi connectivity index (χ1v) is 6.73. The molecule has 4 heteroatoms. The van der Waals surface area contributed by atoms with Gasteiger partial charge in [-0.25, -0.2) is 0 Å². The lowest BCUT2D eigenvalue weighted by atomic mass is 9.92. The molecule has 0 saturated heterocycles. The lowest BCUT2D eigenvalue weighted by molar-refractivity contribution is 0.185. The van der Waals surface area contributed by atoms with E-state index in [0.717, 1.165) is 16.0 Å². The number of nitrogens with zero attached hydrogens (tertiary/aromatic N) is 1. The molecule has 0 fully saturated rings. The fourth-order valence-electron chi connectivity index (χ4n) is 2.13. The second-order valence-corrected chi connectivity index (χ2v) is 6.05. The van der Waals surface area contributed by atoms with Crippen LogP contribution in [-0.2, 0) is 16.8 Å². The van der Waals surface area contributed by atoms with E-state index < -0.39 is 0 Å². The van der Waals surface area contributed by atoms with E-state index in [1.807, 2.05) is 12.3 Å².